The van der Waals surface area contributed by atoms with E-state index in [2.05, 4.69) is 12.1 Å². The lowest BCUT2D eigenvalue weighted by Crippen LogP contribution is -2.11. The van der Waals surface area contributed by atoms with Crippen LogP contribution in [0.4, 0.5) is 0 Å². The number of ether oxygens (including phenoxy) is 1. The minimum Gasteiger partial charge on any atom is -0.463 e. The first-order valence-electron chi connectivity index (χ1n) is 7.27. The summed E-state index contributed by atoms with van der Waals surface area (Å²) in [6.07, 6.45) is 6.55. The van der Waals surface area contributed by atoms with Crippen molar-refractivity contribution in [3.63, 3.8) is 0 Å². The number of hydrogen-bond donors (Lipinski definition) is 0. The molecule has 2 rings (SSSR count). The van der Waals surface area contributed by atoms with E-state index in [1.165, 1.54) is 24.0 Å². The second-order valence-electron chi connectivity index (χ2n) is 4.96. The van der Waals surface area contributed by atoms with Crippen LogP contribution >= 0.6 is 0 Å². The molecule has 1 aromatic rings. The van der Waals surface area contributed by atoms with Gasteiger partial charge in [-0.3, -0.25) is 0 Å². The molecule has 0 unspecified atom stereocenters. The maximum atomic E-state index is 12.2. The third-order valence-corrected chi connectivity index (χ3v) is 3.61. The predicted molar refractivity (Wildman–Crippen MR) is 77.7 cm³/mol. The number of esters is 1. The van der Waals surface area contributed by atoms with Gasteiger partial charge in [0.25, 0.3) is 0 Å². The van der Waals surface area contributed by atoms with Crippen LogP contribution in [0.25, 0.3) is 5.57 Å². The van der Waals surface area contributed by atoms with E-state index in [1.54, 1.807) is 0 Å². The Morgan fingerprint density at radius 2 is 1.74 bits per heavy atom. The van der Waals surface area contributed by atoms with Crippen LogP contribution in [0.15, 0.2) is 35.9 Å². The van der Waals surface area contributed by atoms with Crippen molar-refractivity contribution < 1.29 is 9.53 Å². The summed E-state index contributed by atoms with van der Waals surface area (Å²) in [5.74, 6) is -0.122. The van der Waals surface area contributed by atoms with Crippen molar-refractivity contribution in [1.29, 1.82) is 0 Å². The molecule has 0 N–H and O–H groups in total. The van der Waals surface area contributed by atoms with Gasteiger partial charge in [-0.2, -0.15) is 0 Å². The van der Waals surface area contributed by atoms with E-state index in [1.807, 2.05) is 25.1 Å². The smallest absolute Gasteiger partial charge is 0.334 e. The molecule has 0 fully saturated rings. The summed E-state index contributed by atoms with van der Waals surface area (Å²) in [6.45, 7) is 2.31. The molecule has 0 atom stereocenters. The van der Waals surface area contributed by atoms with Crippen molar-refractivity contribution >= 4 is 11.5 Å². The van der Waals surface area contributed by atoms with E-state index in [0.717, 1.165) is 31.3 Å². The highest BCUT2D eigenvalue weighted by molar-refractivity contribution is 5.97. The van der Waals surface area contributed by atoms with Gasteiger partial charge in [0.05, 0.1) is 6.61 Å². The number of allylic oxidation sites excluding steroid dienone is 1. The van der Waals surface area contributed by atoms with Crippen molar-refractivity contribution in [2.45, 2.75) is 45.4 Å². The lowest BCUT2D eigenvalue weighted by atomic mass is 9.89. The minimum atomic E-state index is -0.122. The van der Waals surface area contributed by atoms with Crippen LogP contribution in [0.5, 0.6) is 0 Å². The summed E-state index contributed by atoms with van der Waals surface area (Å²) in [4.78, 5) is 12.2. The van der Waals surface area contributed by atoms with Gasteiger partial charge in [-0.15, -0.1) is 0 Å². The van der Waals surface area contributed by atoms with E-state index >= 15 is 0 Å². The molecule has 2 heteroatoms. The Morgan fingerprint density at radius 1 is 1.05 bits per heavy atom. The van der Waals surface area contributed by atoms with Crippen LogP contribution in [-0.4, -0.2) is 12.6 Å². The highest BCUT2D eigenvalue weighted by Crippen LogP contribution is 2.31. The van der Waals surface area contributed by atoms with Gasteiger partial charge in [0.2, 0.25) is 0 Å². The fourth-order valence-corrected chi connectivity index (χ4v) is 2.66. The van der Waals surface area contributed by atoms with Crippen LogP contribution in [0.2, 0.25) is 0 Å². The van der Waals surface area contributed by atoms with Gasteiger partial charge in [0.15, 0.2) is 0 Å². The van der Waals surface area contributed by atoms with Gasteiger partial charge < -0.3 is 4.74 Å². The molecule has 2 nitrogen and oxygen atoms in total. The van der Waals surface area contributed by atoms with E-state index in [0.29, 0.717) is 6.61 Å². The number of hydrogen-bond acceptors (Lipinski definition) is 2. The molecule has 0 amide bonds. The second-order valence-corrected chi connectivity index (χ2v) is 4.96. The zero-order chi connectivity index (χ0) is 13.5. The molecule has 0 heterocycles. The molecule has 0 saturated heterocycles. The summed E-state index contributed by atoms with van der Waals surface area (Å²) in [6, 6.07) is 10.3. The third-order valence-electron chi connectivity index (χ3n) is 3.61. The lowest BCUT2D eigenvalue weighted by molar-refractivity contribution is -0.138. The van der Waals surface area contributed by atoms with Crippen molar-refractivity contribution in [1.82, 2.24) is 0 Å². The molecule has 0 aliphatic heterocycles. The third kappa shape index (κ3) is 3.69. The van der Waals surface area contributed by atoms with Gasteiger partial charge in [-0.05, 0) is 43.7 Å². The highest BCUT2D eigenvalue weighted by atomic mass is 16.5. The standard InChI is InChI=1S/C17H22O2/c1-2-19-17(18)16-13-9-4-3-8-12-15(16)14-10-6-5-7-11-14/h5-7,10-11H,2-4,8-9,12-13H2,1H3. The molecule has 0 bridgehead atoms. The summed E-state index contributed by atoms with van der Waals surface area (Å²) in [5.41, 5.74) is 3.26. The number of carbonyl (C=O) groups is 1. The maximum Gasteiger partial charge on any atom is 0.334 e. The van der Waals surface area contributed by atoms with Crippen LogP contribution < -0.4 is 0 Å². The summed E-state index contributed by atoms with van der Waals surface area (Å²) >= 11 is 0. The molecule has 1 aliphatic rings. The van der Waals surface area contributed by atoms with Crippen LogP contribution in [0, 0.1) is 0 Å². The molecule has 0 saturated carbocycles. The zero-order valence-corrected chi connectivity index (χ0v) is 11.7. The summed E-state index contributed by atoms with van der Waals surface area (Å²) in [5, 5.41) is 0. The topological polar surface area (TPSA) is 26.3 Å². The van der Waals surface area contributed by atoms with E-state index < -0.39 is 0 Å². The Morgan fingerprint density at radius 3 is 2.42 bits per heavy atom. The van der Waals surface area contributed by atoms with Crippen LogP contribution in [0.3, 0.4) is 0 Å². The Hall–Kier alpha value is -1.57. The Balaban J connectivity index is 2.37. The van der Waals surface area contributed by atoms with E-state index in [4.69, 9.17) is 4.74 Å². The first kappa shape index (κ1) is 13.9. The Kier molecular flexibility index (Phi) is 5.20. The molecule has 102 valence electrons. The molecule has 0 radical (unpaired) electrons. The van der Waals surface area contributed by atoms with Gasteiger partial charge in [0, 0.05) is 5.57 Å². The SMILES string of the molecule is CCOC(=O)C1=C(c2ccccc2)CCCCCC1. The van der Waals surface area contributed by atoms with Crippen molar-refractivity contribution in [2.75, 3.05) is 6.61 Å². The van der Waals surface area contributed by atoms with Gasteiger partial charge in [-0.25, -0.2) is 4.79 Å². The van der Waals surface area contributed by atoms with Gasteiger partial charge >= 0.3 is 5.97 Å². The predicted octanol–water partition coefficient (Wildman–Crippen LogP) is 4.36. The number of benzene rings is 1. The van der Waals surface area contributed by atoms with Crippen LogP contribution in [0.1, 0.15) is 51.0 Å². The average Bonchev–Trinajstić information content (AvgIpc) is 2.40. The van der Waals surface area contributed by atoms with Crippen molar-refractivity contribution in [2.24, 2.45) is 0 Å². The van der Waals surface area contributed by atoms with Crippen LogP contribution in [-0.2, 0) is 9.53 Å². The maximum absolute atomic E-state index is 12.2. The average molecular weight is 258 g/mol. The molecular formula is C17H22O2. The molecule has 19 heavy (non-hydrogen) atoms. The molecule has 1 aromatic carbocycles. The highest BCUT2D eigenvalue weighted by Gasteiger charge is 2.19. The molecule has 0 aromatic heterocycles. The fraction of sp³-hybridized carbons (Fsp3) is 0.471. The van der Waals surface area contributed by atoms with E-state index in [-0.39, 0.29) is 5.97 Å². The van der Waals surface area contributed by atoms with E-state index in [9.17, 15) is 4.79 Å². The van der Waals surface area contributed by atoms with Gasteiger partial charge in [0.1, 0.15) is 0 Å². The quantitative estimate of drug-likeness (QED) is 0.753. The summed E-state index contributed by atoms with van der Waals surface area (Å²) < 4.78 is 5.23. The molecule has 0 spiro atoms. The summed E-state index contributed by atoms with van der Waals surface area (Å²) in [7, 11) is 0. The Labute approximate surface area is 115 Å². The van der Waals surface area contributed by atoms with Gasteiger partial charge in [-0.1, -0.05) is 43.2 Å². The fourth-order valence-electron chi connectivity index (χ4n) is 2.66. The normalized spacial score (nSPS) is 16.7. The molecule has 1 aliphatic carbocycles. The van der Waals surface area contributed by atoms with Crippen molar-refractivity contribution in [3.05, 3.63) is 41.5 Å². The first-order valence-corrected chi connectivity index (χ1v) is 7.27. The minimum absolute atomic E-state index is 0.122. The Bertz CT molecular complexity index is 446. The van der Waals surface area contributed by atoms with Crippen molar-refractivity contribution in [3.8, 4) is 0 Å². The lowest BCUT2D eigenvalue weighted by Gasteiger charge is -2.17. The largest absolute Gasteiger partial charge is 0.463 e. The first-order chi connectivity index (χ1) is 9.33. The molecular weight excluding hydrogens is 236 g/mol. The number of carbonyl (C=O) groups excluding carboxylic acids is 1. The number of rotatable bonds is 3. The zero-order valence-electron chi connectivity index (χ0n) is 11.7. The second kappa shape index (κ2) is 7.13. The monoisotopic (exact) mass is 258 g/mol.